The first-order valence-corrected chi connectivity index (χ1v) is 7.26. The van der Waals surface area contributed by atoms with Gasteiger partial charge >= 0.3 is 0 Å². The smallest absolute Gasteiger partial charge is 0.187 e. The minimum Gasteiger partial charge on any atom is -0.373 e. The monoisotopic (exact) mass is 279 g/mol. The summed E-state index contributed by atoms with van der Waals surface area (Å²) < 4.78 is 0. The predicted octanol–water partition coefficient (Wildman–Crippen LogP) is 4.21. The van der Waals surface area contributed by atoms with E-state index in [-0.39, 0.29) is 5.78 Å². The molecule has 2 aromatic carbocycles. The van der Waals surface area contributed by atoms with Gasteiger partial charge in [-0.1, -0.05) is 60.2 Å². The summed E-state index contributed by atoms with van der Waals surface area (Å²) in [5, 5.41) is 0. The lowest BCUT2D eigenvalue weighted by Crippen LogP contribution is -2.16. The van der Waals surface area contributed by atoms with Crippen LogP contribution in [-0.4, -0.2) is 17.2 Å². The van der Waals surface area contributed by atoms with E-state index in [1.54, 1.807) is 6.08 Å². The van der Waals surface area contributed by atoms with E-state index in [1.807, 2.05) is 55.6 Å². The molecular weight excluding hydrogens is 258 g/mol. The molecule has 0 bridgehead atoms. The zero-order valence-corrected chi connectivity index (χ0v) is 12.6. The fourth-order valence-corrected chi connectivity index (χ4v) is 2.08. The number of nitrogens with zero attached hydrogens (tertiary/aromatic N) is 1. The van der Waals surface area contributed by atoms with Crippen molar-refractivity contribution in [2.45, 2.75) is 20.4 Å². The van der Waals surface area contributed by atoms with Gasteiger partial charge in [-0.05, 0) is 19.4 Å². The molecule has 0 fully saturated rings. The molecule has 2 rings (SSSR count). The molecule has 0 amide bonds. The summed E-state index contributed by atoms with van der Waals surface area (Å²) in [5.41, 5.74) is 3.13. The molecule has 2 nitrogen and oxygen atoms in total. The molecule has 2 aromatic rings. The molecule has 0 radical (unpaired) electrons. The largest absolute Gasteiger partial charge is 0.373 e. The molecule has 0 aliphatic carbocycles. The van der Waals surface area contributed by atoms with Gasteiger partial charge < -0.3 is 4.90 Å². The van der Waals surface area contributed by atoms with Gasteiger partial charge in [-0.25, -0.2) is 0 Å². The number of ketones is 1. The Kier molecular flexibility index (Phi) is 5.33. The molecule has 0 N–H and O–H groups in total. The Balaban J connectivity index is 2.00. The molecule has 0 saturated carbocycles. The third-order valence-electron chi connectivity index (χ3n) is 3.41. The predicted molar refractivity (Wildman–Crippen MR) is 87.2 cm³/mol. The highest BCUT2D eigenvalue weighted by Crippen LogP contribution is 2.07. The van der Waals surface area contributed by atoms with Gasteiger partial charge in [0.15, 0.2) is 5.78 Å². The Morgan fingerprint density at radius 3 is 2.33 bits per heavy atom. The summed E-state index contributed by atoms with van der Waals surface area (Å²) in [7, 11) is 0. The van der Waals surface area contributed by atoms with Crippen LogP contribution in [0.3, 0.4) is 0 Å². The Morgan fingerprint density at radius 1 is 1.05 bits per heavy atom. The van der Waals surface area contributed by atoms with Crippen molar-refractivity contribution < 1.29 is 4.79 Å². The number of carbonyl (C=O) groups excluding carboxylic acids is 1. The van der Waals surface area contributed by atoms with Crippen molar-refractivity contribution in [3.63, 3.8) is 0 Å². The fraction of sp³-hybridized carbons (Fsp3) is 0.211. The minimum atomic E-state index is 0.0431. The second-order valence-corrected chi connectivity index (χ2v) is 5.09. The van der Waals surface area contributed by atoms with Crippen LogP contribution in [-0.2, 0) is 6.54 Å². The number of hydrogen-bond donors (Lipinski definition) is 0. The molecule has 2 heteroatoms. The average Bonchev–Trinajstić information content (AvgIpc) is 2.52. The van der Waals surface area contributed by atoms with Crippen molar-refractivity contribution in [3.05, 3.63) is 83.6 Å². The maximum Gasteiger partial charge on any atom is 0.187 e. The van der Waals surface area contributed by atoms with E-state index >= 15 is 0 Å². The van der Waals surface area contributed by atoms with Crippen LogP contribution in [0.15, 0.2) is 66.9 Å². The number of allylic oxidation sites excluding steroid dienone is 1. The molecule has 0 saturated heterocycles. The first-order chi connectivity index (χ1) is 10.2. The van der Waals surface area contributed by atoms with Gasteiger partial charge in [0.25, 0.3) is 0 Å². The van der Waals surface area contributed by atoms with E-state index in [4.69, 9.17) is 0 Å². The van der Waals surface area contributed by atoms with Gasteiger partial charge in [-0.3, -0.25) is 4.79 Å². The highest BCUT2D eigenvalue weighted by molar-refractivity contribution is 6.04. The maximum absolute atomic E-state index is 12.1. The first-order valence-electron chi connectivity index (χ1n) is 7.26. The highest BCUT2D eigenvalue weighted by Gasteiger charge is 2.03. The minimum absolute atomic E-state index is 0.0431. The molecule has 0 heterocycles. The van der Waals surface area contributed by atoms with Crippen LogP contribution in [0.1, 0.15) is 28.4 Å². The van der Waals surface area contributed by atoms with Crippen LogP contribution >= 0.6 is 0 Å². The van der Waals surface area contributed by atoms with Crippen LogP contribution in [0.4, 0.5) is 0 Å². The summed E-state index contributed by atoms with van der Waals surface area (Å²) in [6.07, 6.45) is 3.53. The van der Waals surface area contributed by atoms with Gasteiger partial charge in [-0.2, -0.15) is 0 Å². The first kappa shape index (κ1) is 15.0. The summed E-state index contributed by atoms with van der Waals surface area (Å²) in [6, 6.07) is 17.9. The molecule has 0 spiro atoms. The number of aryl methyl sites for hydroxylation is 1. The molecular formula is C19H21NO. The van der Waals surface area contributed by atoms with Gasteiger partial charge in [0, 0.05) is 30.9 Å². The molecule has 0 atom stereocenters. The lowest BCUT2D eigenvalue weighted by molar-refractivity contribution is 0.104. The summed E-state index contributed by atoms with van der Waals surface area (Å²) in [4.78, 5) is 14.2. The van der Waals surface area contributed by atoms with E-state index in [9.17, 15) is 4.79 Å². The molecule has 0 aliphatic rings. The van der Waals surface area contributed by atoms with E-state index in [2.05, 4.69) is 24.0 Å². The normalized spacial score (nSPS) is 10.8. The standard InChI is InChI=1S/C19H21NO/c1-3-20(15-17-7-5-4-6-8-17)14-13-19(21)18-11-9-16(2)10-12-18/h4-14H,3,15H2,1-2H3. The van der Waals surface area contributed by atoms with Crippen molar-refractivity contribution in [2.24, 2.45) is 0 Å². The number of carbonyl (C=O) groups is 1. The van der Waals surface area contributed by atoms with Crippen molar-refractivity contribution in [2.75, 3.05) is 6.54 Å². The topological polar surface area (TPSA) is 20.3 Å². The van der Waals surface area contributed by atoms with E-state index in [0.29, 0.717) is 0 Å². The Labute approximate surface area is 126 Å². The quantitative estimate of drug-likeness (QED) is 0.583. The number of rotatable bonds is 6. The molecule has 21 heavy (non-hydrogen) atoms. The highest BCUT2D eigenvalue weighted by atomic mass is 16.1. The van der Waals surface area contributed by atoms with Crippen molar-refractivity contribution in [3.8, 4) is 0 Å². The molecule has 108 valence electrons. The van der Waals surface area contributed by atoms with E-state index < -0.39 is 0 Å². The zero-order valence-electron chi connectivity index (χ0n) is 12.6. The van der Waals surface area contributed by atoms with Gasteiger partial charge in [0.05, 0.1) is 0 Å². The van der Waals surface area contributed by atoms with Crippen LogP contribution in [0.2, 0.25) is 0 Å². The van der Waals surface area contributed by atoms with E-state index in [1.165, 1.54) is 5.56 Å². The lowest BCUT2D eigenvalue weighted by Gasteiger charge is -2.18. The number of benzene rings is 2. The van der Waals surface area contributed by atoms with Gasteiger partial charge in [0.1, 0.15) is 0 Å². The maximum atomic E-state index is 12.1. The summed E-state index contributed by atoms with van der Waals surface area (Å²) in [5.74, 6) is 0.0431. The van der Waals surface area contributed by atoms with E-state index in [0.717, 1.165) is 24.2 Å². The van der Waals surface area contributed by atoms with Crippen LogP contribution < -0.4 is 0 Å². The third-order valence-corrected chi connectivity index (χ3v) is 3.41. The second-order valence-electron chi connectivity index (χ2n) is 5.09. The SMILES string of the molecule is CCN(C=CC(=O)c1ccc(C)cc1)Cc1ccccc1. The number of hydrogen-bond acceptors (Lipinski definition) is 2. The van der Waals surface area contributed by atoms with Crippen molar-refractivity contribution in [1.82, 2.24) is 4.90 Å². The second kappa shape index (κ2) is 7.44. The summed E-state index contributed by atoms with van der Waals surface area (Å²) in [6.45, 7) is 5.79. The van der Waals surface area contributed by atoms with Gasteiger partial charge in [0.2, 0.25) is 0 Å². The molecule has 0 aromatic heterocycles. The summed E-state index contributed by atoms with van der Waals surface area (Å²) >= 11 is 0. The zero-order chi connectivity index (χ0) is 15.1. The third kappa shape index (κ3) is 4.60. The Morgan fingerprint density at radius 2 is 1.71 bits per heavy atom. The Hall–Kier alpha value is -2.35. The Bertz CT molecular complexity index is 599. The fourth-order valence-electron chi connectivity index (χ4n) is 2.08. The van der Waals surface area contributed by atoms with Crippen LogP contribution in [0.25, 0.3) is 0 Å². The van der Waals surface area contributed by atoms with Crippen molar-refractivity contribution >= 4 is 5.78 Å². The molecule has 0 unspecified atom stereocenters. The molecule has 0 aliphatic heterocycles. The van der Waals surface area contributed by atoms with Crippen molar-refractivity contribution in [1.29, 1.82) is 0 Å². The van der Waals surface area contributed by atoms with Crippen LogP contribution in [0.5, 0.6) is 0 Å². The average molecular weight is 279 g/mol. The lowest BCUT2D eigenvalue weighted by atomic mass is 10.1. The van der Waals surface area contributed by atoms with Gasteiger partial charge in [-0.15, -0.1) is 0 Å². The van der Waals surface area contributed by atoms with Crippen LogP contribution in [0, 0.1) is 6.92 Å².